The van der Waals surface area contributed by atoms with Crippen LogP contribution < -0.4 is 5.43 Å². The SMILES string of the molecule is CCCCCCCCCCCCN/N=C(/C)C(=O)O. The molecule has 0 rings (SSSR count). The van der Waals surface area contributed by atoms with Crippen LogP contribution in [0.15, 0.2) is 5.10 Å². The smallest absolute Gasteiger partial charge is 0.351 e. The highest BCUT2D eigenvalue weighted by atomic mass is 16.4. The quantitative estimate of drug-likeness (QED) is 0.302. The molecule has 0 aromatic carbocycles. The summed E-state index contributed by atoms with van der Waals surface area (Å²) in [7, 11) is 0. The van der Waals surface area contributed by atoms with Gasteiger partial charge in [0.15, 0.2) is 0 Å². The van der Waals surface area contributed by atoms with Gasteiger partial charge in [0.2, 0.25) is 0 Å². The topological polar surface area (TPSA) is 61.7 Å². The molecular formula is C15H30N2O2. The summed E-state index contributed by atoms with van der Waals surface area (Å²) in [5.41, 5.74) is 2.92. The van der Waals surface area contributed by atoms with Crippen LogP contribution in [0.5, 0.6) is 0 Å². The molecule has 0 amide bonds. The van der Waals surface area contributed by atoms with Crippen molar-refractivity contribution in [2.45, 2.75) is 78.1 Å². The molecule has 0 aromatic rings. The Morgan fingerprint density at radius 3 is 1.89 bits per heavy atom. The molecule has 2 N–H and O–H groups in total. The molecule has 0 aliphatic rings. The lowest BCUT2D eigenvalue weighted by atomic mass is 10.1. The maximum Gasteiger partial charge on any atom is 0.351 e. The number of carboxylic acids is 1. The minimum Gasteiger partial charge on any atom is -0.477 e. The van der Waals surface area contributed by atoms with Crippen molar-refractivity contribution in [1.29, 1.82) is 0 Å². The third-order valence-electron chi connectivity index (χ3n) is 3.20. The Morgan fingerprint density at radius 1 is 0.947 bits per heavy atom. The monoisotopic (exact) mass is 270 g/mol. The van der Waals surface area contributed by atoms with Crippen molar-refractivity contribution < 1.29 is 9.90 Å². The van der Waals surface area contributed by atoms with E-state index in [2.05, 4.69) is 17.5 Å². The van der Waals surface area contributed by atoms with Crippen LogP contribution in [-0.4, -0.2) is 23.3 Å². The van der Waals surface area contributed by atoms with Gasteiger partial charge in [-0.25, -0.2) is 4.79 Å². The van der Waals surface area contributed by atoms with Gasteiger partial charge in [0.05, 0.1) is 0 Å². The van der Waals surface area contributed by atoms with Gasteiger partial charge < -0.3 is 10.5 Å². The molecule has 112 valence electrons. The van der Waals surface area contributed by atoms with Gasteiger partial charge >= 0.3 is 5.97 Å². The molecule has 4 nitrogen and oxygen atoms in total. The van der Waals surface area contributed by atoms with Crippen LogP contribution in [-0.2, 0) is 4.79 Å². The first kappa shape index (κ1) is 17.9. The van der Waals surface area contributed by atoms with Crippen molar-refractivity contribution >= 4 is 11.7 Å². The van der Waals surface area contributed by atoms with E-state index in [9.17, 15) is 4.79 Å². The van der Waals surface area contributed by atoms with Crippen molar-refractivity contribution in [3.63, 3.8) is 0 Å². The van der Waals surface area contributed by atoms with E-state index in [-0.39, 0.29) is 5.71 Å². The maximum atomic E-state index is 10.5. The number of nitrogens with one attached hydrogen (secondary N) is 1. The normalized spacial score (nSPS) is 11.6. The van der Waals surface area contributed by atoms with Crippen molar-refractivity contribution in [2.24, 2.45) is 5.10 Å². The van der Waals surface area contributed by atoms with Crippen molar-refractivity contribution in [2.75, 3.05) is 6.54 Å². The van der Waals surface area contributed by atoms with Crippen molar-refractivity contribution in [3.05, 3.63) is 0 Å². The molecule has 19 heavy (non-hydrogen) atoms. The van der Waals surface area contributed by atoms with Crippen molar-refractivity contribution in [3.8, 4) is 0 Å². The van der Waals surface area contributed by atoms with Crippen LogP contribution in [0.3, 0.4) is 0 Å². The number of aliphatic carboxylic acids is 1. The van der Waals surface area contributed by atoms with Gasteiger partial charge in [0.1, 0.15) is 5.71 Å². The zero-order valence-corrected chi connectivity index (χ0v) is 12.6. The Hall–Kier alpha value is -1.06. The average Bonchev–Trinajstić information content (AvgIpc) is 2.39. The lowest BCUT2D eigenvalue weighted by Gasteiger charge is -2.03. The van der Waals surface area contributed by atoms with Gasteiger partial charge in [-0.3, -0.25) is 0 Å². The molecule has 0 aliphatic heterocycles. The number of carboxylic acid groups (broad SMARTS) is 1. The molecule has 0 spiro atoms. The lowest BCUT2D eigenvalue weighted by Crippen LogP contribution is -2.16. The largest absolute Gasteiger partial charge is 0.477 e. The van der Waals surface area contributed by atoms with Gasteiger partial charge in [-0.1, -0.05) is 64.7 Å². The Balaban J connectivity index is 3.15. The van der Waals surface area contributed by atoms with Gasteiger partial charge in [-0.2, -0.15) is 5.10 Å². The first-order valence-electron chi connectivity index (χ1n) is 7.69. The molecule has 0 unspecified atom stereocenters. The number of unbranched alkanes of at least 4 members (excludes halogenated alkanes) is 9. The summed E-state index contributed by atoms with van der Waals surface area (Å²) in [5.74, 6) is -0.962. The maximum absolute atomic E-state index is 10.5. The highest BCUT2D eigenvalue weighted by Gasteiger charge is 1.99. The Labute approximate surface area is 117 Å². The average molecular weight is 270 g/mol. The summed E-state index contributed by atoms with van der Waals surface area (Å²) < 4.78 is 0. The van der Waals surface area contributed by atoms with Gasteiger partial charge in [0, 0.05) is 6.54 Å². The number of hydrogen-bond donors (Lipinski definition) is 2. The van der Waals surface area contributed by atoms with E-state index in [1.54, 1.807) is 0 Å². The summed E-state index contributed by atoms with van der Waals surface area (Å²) in [4.78, 5) is 10.5. The second-order valence-electron chi connectivity index (χ2n) is 5.09. The lowest BCUT2D eigenvalue weighted by molar-refractivity contribution is -0.129. The predicted octanol–water partition coefficient (Wildman–Crippen LogP) is 3.96. The number of hydrazone groups is 1. The molecule has 0 aromatic heterocycles. The first-order chi connectivity index (χ1) is 9.18. The third-order valence-corrected chi connectivity index (χ3v) is 3.20. The summed E-state index contributed by atoms with van der Waals surface area (Å²) in [6.07, 6.45) is 13.1. The fourth-order valence-corrected chi connectivity index (χ4v) is 1.91. The predicted molar refractivity (Wildman–Crippen MR) is 80.6 cm³/mol. The minimum absolute atomic E-state index is 0.118. The molecule has 0 radical (unpaired) electrons. The molecule has 0 heterocycles. The highest BCUT2D eigenvalue weighted by molar-refractivity contribution is 6.34. The minimum atomic E-state index is -0.962. The molecule has 0 saturated heterocycles. The second-order valence-corrected chi connectivity index (χ2v) is 5.09. The van der Waals surface area contributed by atoms with E-state index in [1.807, 2.05) is 0 Å². The zero-order valence-electron chi connectivity index (χ0n) is 12.6. The van der Waals surface area contributed by atoms with Crippen LogP contribution in [0, 0.1) is 0 Å². The molecule has 0 fully saturated rings. The van der Waals surface area contributed by atoms with Gasteiger partial charge in [-0.15, -0.1) is 0 Å². The number of rotatable bonds is 13. The van der Waals surface area contributed by atoms with E-state index in [4.69, 9.17) is 5.11 Å². The fraction of sp³-hybridized carbons (Fsp3) is 0.867. The summed E-state index contributed by atoms with van der Waals surface area (Å²) >= 11 is 0. The first-order valence-corrected chi connectivity index (χ1v) is 7.69. The standard InChI is InChI=1S/C15H30N2O2/c1-3-4-5-6-7-8-9-10-11-12-13-16-17-14(2)15(18)19/h16H,3-13H2,1-2H3,(H,18,19)/b17-14-. The molecule has 0 saturated carbocycles. The van der Waals surface area contributed by atoms with E-state index in [1.165, 1.54) is 64.7 Å². The van der Waals surface area contributed by atoms with Crippen LogP contribution in [0.4, 0.5) is 0 Å². The summed E-state index contributed by atoms with van der Waals surface area (Å²) in [6.45, 7) is 4.50. The highest BCUT2D eigenvalue weighted by Crippen LogP contribution is 2.10. The summed E-state index contributed by atoms with van der Waals surface area (Å²) in [5, 5.41) is 12.4. The van der Waals surface area contributed by atoms with Crippen LogP contribution >= 0.6 is 0 Å². The molecular weight excluding hydrogens is 240 g/mol. The zero-order chi connectivity index (χ0) is 14.3. The number of hydrogen-bond acceptors (Lipinski definition) is 3. The van der Waals surface area contributed by atoms with Crippen LogP contribution in [0.25, 0.3) is 0 Å². The number of nitrogens with zero attached hydrogens (tertiary/aromatic N) is 1. The molecule has 4 heteroatoms. The van der Waals surface area contributed by atoms with Crippen LogP contribution in [0.2, 0.25) is 0 Å². The van der Waals surface area contributed by atoms with Gasteiger partial charge in [0.25, 0.3) is 0 Å². The fourth-order valence-electron chi connectivity index (χ4n) is 1.91. The second kappa shape index (κ2) is 13.4. The van der Waals surface area contributed by atoms with E-state index >= 15 is 0 Å². The summed E-state index contributed by atoms with van der Waals surface area (Å²) in [6, 6.07) is 0. The Kier molecular flexibility index (Phi) is 12.6. The van der Waals surface area contributed by atoms with Crippen molar-refractivity contribution in [1.82, 2.24) is 5.43 Å². The van der Waals surface area contributed by atoms with Gasteiger partial charge in [-0.05, 0) is 13.3 Å². The van der Waals surface area contributed by atoms with E-state index < -0.39 is 5.97 Å². The molecule has 0 atom stereocenters. The number of carbonyl (C=O) groups is 1. The van der Waals surface area contributed by atoms with E-state index in [0.29, 0.717) is 0 Å². The third kappa shape index (κ3) is 13.2. The van der Waals surface area contributed by atoms with E-state index in [0.717, 1.165) is 13.0 Å². The van der Waals surface area contributed by atoms with Crippen LogP contribution in [0.1, 0.15) is 78.1 Å². The molecule has 0 aliphatic carbocycles. The Morgan fingerprint density at radius 2 is 1.42 bits per heavy atom. The Bertz CT molecular complexity index is 253. The molecule has 0 bridgehead atoms.